The number of rotatable bonds is 4. The Morgan fingerprint density at radius 3 is 2.95 bits per heavy atom. The second-order valence-electron chi connectivity index (χ2n) is 4.20. The molecular weight excluding hydrogens is 291 g/mol. The molecule has 7 heteroatoms. The van der Waals surface area contributed by atoms with Crippen LogP contribution in [0.2, 0.25) is 0 Å². The third kappa shape index (κ3) is 3.19. The number of anilines is 1. The third-order valence-electron chi connectivity index (χ3n) is 2.67. The smallest absolute Gasteiger partial charge is 0.278 e. The fourth-order valence-electron chi connectivity index (χ4n) is 1.71. The monoisotopic (exact) mass is 302 g/mol. The molecule has 0 aliphatic rings. The van der Waals surface area contributed by atoms with Gasteiger partial charge in [0.15, 0.2) is 11.5 Å². The Bertz CT molecular complexity index is 762. The van der Waals surface area contributed by atoms with Crippen molar-refractivity contribution >= 4 is 17.4 Å². The molecule has 0 atom stereocenters. The Kier molecular flexibility index (Phi) is 3.83. The zero-order chi connectivity index (χ0) is 14.7. The van der Waals surface area contributed by atoms with Crippen LogP contribution in [0.15, 0.2) is 52.0 Å². The van der Waals surface area contributed by atoms with Gasteiger partial charge in [-0.05, 0) is 30.3 Å². The van der Waals surface area contributed by atoms with Crippen molar-refractivity contribution in [1.29, 1.82) is 0 Å². The molecule has 0 spiro atoms. The van der Waals surface area contributed by atoms with Gasteiger partial charge < -0.3 is 10.3 Å². The summed E-state index contributed by atoms with van der Waals surface area (Å²) in [6.45, 7) is 0. The van der Waals surface area contributed by atoms with Crippen LogP contribution in [0.25, 0.3) is 11.6 Å². The number of nitrogen functional groups attached to an aromatic ring is 1. The second-order valence-corrected chi connectivity index (χ2v) is 5.25. The maximum atomic E-state index is 13.1. The number of thioether (sulfide) groups is 1. The molecule has 0 saturated heterocycles. The van der Waals surface area contributed by atoms with E-state index in [0.29, 0.717) is 23.0 Å². The van der Waals surface area contributed by atoms with E-state index in [0.717, 1.165) is 4.90 Å². The van der Waals surface area contributed by atoms with E-state index in [4.69, 9.17) is 10.3 Å². The van der Waals surface area contributed by atoms with E-state index < -0.39 is 0 Å². The van der Waals surface area contributed by atoms with Gasteiger partial charge in [-0.1, -0.05) is 11.2 Å². The van der Waals surface area contributed by atoms with Crippen molar-refractivity contribution in [3.05, 3.63) is 54.2 Å². The lowest BCUT2D eigenvalue weighted by atomic mass is 10.3. The van der Waals surface area contributed by atoms with Gasteiger partial charge in [-0.2, -0.15) is 4.98 Å². The predicted octanol–water partition coefficient (Wildman–Crippen LogP) is 3.15. The highest BCUT2D eigenvalue weighted by atomic mass is 32.2. The molecule has 3 rings (SSSR count). The van der Waals surface area contributed by atoms with E-state index in [2.05, 4.69) is 15.1 Å². The molecule has 2 aromatic heterocycles. The summed E-state index contributed by atoms with van der Waals surface area (Å²) < 4.78 is 18.2. The minimum atomic E-state index is -0.268. The van der Waals surface area contributed by atoms with Crippen LogP contribution in [0.1, 0.15) is 5.82 Å². The van der Waals surface area contributed by atoms with Crippen LogP contribution in [0.3, 0.4) is 0 Å². The first-order chi connectivity index (χ1) is 10.2. The molecule has 21 heavy (non-hydrogen) atoms. The summed E-state index contributed by atoms with van der Waals surface area (Å²) in [5.74, 6) is 0.988. The zero-order valence-corrected chi connectivity index (χ0v) is 11.7. The summed E-state index contributed by atoms with van der Waals surface area (Å²) in [7, 11) is 0. The lowest BCUT2D eigenvalue weighted by Gasteiger charge is -1.98. The van der Waals surface area contributed by atoms with Crippen molar-refractivity contribution in [1.82, 2.24) is 15.1 Å². The largest absolute Gasteiger partial charge is 0.397 e. The third-order valence-corrected chi connectivity index (χ3v) is 3.66. The first-order valence-corrected chi connectivity index (χ1v) is 7.13. The van der Waals surface area contributed by atoms with Gasteiger partial charge in [0.25, 0.3) is 5.89 Å². The second kappa shape index (κ2) is 5.92. The fraction of sp³-hybridized carbons (Fsp3) is 0.0714. The van der Waals surface area contributed by atoms with Gasteiger partial charge in [0.2, 0.25) is 0 Å². The summed E-state index contributed by atoms with van der Waals surface area (Å²) >= 11 is 1.42. The molecule has 0 unspecified atom stereocenters. The Labute approximate surface area is 124 Å². The predicted molar refractivity (Wildman–Crippen MR) is 77.9 cm³/mol. The molecule has 0 saturated carbocycles. The number of hydrogen-bond donors (Lipinski definition) is 1. The van der Waals surface area contributed by atoms with E-state index in [1.165, 1.54) is 23.9 Å². The summed E-state index contributed by atoms with van der Waals surface area (Å²) in [5, 5.41) is 3.87. The quantitative estimate of drug-likeness (QED) is 0.746. The van der Waals surface area contributed by atoms with E-state index >= 15 is 0 Å². The standard InChI is InChI=1S/C14H11FN4OS/c15-9-3-1-4-10(7-9)21-8-12-18-14(20-19-12)13-11(16)5-2-6-17-13/h1-7H,8,16H2. The summed E-state index contributed by atoms with van der Waals surface area (Å²) in [4.78, 5) is 9.16. The molecule has 2 N–H and O–H groups in total. The summed E-state index contributed by atoms with van der Waals surface area (Å²) in [6.07, 6.45) is 1.61. The number of aromatic nitrogens is 3. The van der Waals surface area contributed by atoms with Gasteiger partial charge in [-0.15, -0.1) is 11.8 Å². The molecular formula is C14H11FN4OS. The first-order valence-electron chi connectivity index (χ1n) is 6.14. The van der Waals surface area contributed by atoms with Crippen molar-refractivity contribution < 1.29 is 8.91 Å². The topological polar surface area (TPSA) is 77.8 Å². The average Bonchev–Trinajstić information content (AvgIpc) is 2.94. The molecule has 5 nitrogen and oxygen atoms in total. The molecule has 2 heterocycles. The van der Waals surface area contributed by atoms with Gasteiger partial charge in [0, 0.05) is 11.1 Å². The minimum Gasteiger partial charge on any atom is -0.397 e. The Morgan fingerprint density at radius 1 is 1.24 bits per heavy atom. The summed E-state index contributed by atoms with van der Waals surface area (Å²) in [6, 6.07) is 9.80. The fourth-order valence-corrected chi connectivity index (χ4v) is 2.49. The summed E-state index contributed by atoms with van der Waals surface area (Å²) in [5.41, 5.74) is 6.75. The Hall–Kier alpha value is -2.41. The van der Waals surface area contributed by atoms with E-state index in [1.807, 2.05) is 6.07 Å². The normalized spacial score (nSPS) is 10.7. The highest BCUT2D eigenvalue weighted by molar-refractivity contribution is 7.98. The van der Waals surface area contributed by atoms with Crippen LogP contribution >= 0.6 is 11.8 Å². The van der Waals surface area contributed by atoms with Crippen molar-refractivity contribution in [3.63, 3.8) is 0 Å². The highest BCUT2D eigenvalue weighted by Gasteiger charge is 2.12. The van der Waals surface area contributed by atoms with Crippen LogP contribution in [-0.2, 0) is 5.75 Å². The molecule has 0 fully saturated rings. The van der Waals surface area contributed by atoms with Gasteiger partial charge in [0.05, 0.1) is 11.4 Å². The zero-order valence-electron chi connectivity index (χ0n) is 10.9. The molecule has 0 aliphatic carbocycles. The molecule has 106 valence electrons. The van der Waals surface area contributed by atoms with Crippen molar-refractivity contribution in [2.24, 2.45) is 0 Å². The maximum absolute atomic E-state index is 13.1. The molecule has 0 amide bonds. The lowest BCUT2D eigenvalue weighted by molar-refractivity contribution is 0.424. The molecule has 0 aliphatic heterocycles. The number of nitrogens with two attached hydrogens (primary N) is 1. The molecule has 1 aromatic carbocycles. The van der Waals surface area contributed by atoms with Gasteiger partial charge in [0.1, 0.15) is 5.82 Å². The van der Waals surface area contributed by atoms with Crippen LogP contribution in [0, 0.1) is 5.82 Å². The Balaban J connectivity index is 1.72. The van der Waals surface area contributed by atoms with Crippen LogP contribution in [0.5, 0.6) is 0 Å². The number of hydrogen-bond acceptors (Lipinski definition) is 6. The van der Waals surface area contributed by atoms with Gasteiger partial charge in [-0.3, -0.25) is 0 Å². The van der Waals surface area contributed by atoms with Crippen molar-refractivity contribution in [2.45, 2.75) is 10.6 Å². The number of benzene rings is 1. The van der Waals surface area contributed by atoms with Crippen molar-refractivity contribution in [2.75, 3.05) is 5.73 Å². The maximum Gasteiger partial charge on any atom is 0.278 e. The lowest BCUT2D eigenvalue weighted by Crippen LogP contribution is -1.92. The van der Waals surface area contributed by atoms with Gasteiger partial charge >= 0.3 is 0 Å². The number of nitrogens with zero attached hydrogens (tertiary/aromatic N) is 3. The number of halogens is 1. The van der Waals surface area contributed by atoms with Crippen LogP contribution in [0.4, 0.5) is 10.1 Å². The van der Waals surface area contributed by atoms with E-state index in [9.17, 15) is 4.39 Å². The first kappa shape index (κ1) is 13.6. The van der Waals surface area contributed by atoms with Crippen LogP contribution < -0.4 is 5.73 Å². The average molecular weight is 302 g/mol. The molecule has 0 radical (unpaired) electrons. The minimum absolute atomic E-state index is 0.268. The Morgan fingerprint density at radius 2 is 2.14 bits per heavy atom. The van der Waals surface area contributed by atoms with E-state index in [-0.39, 0.29) is 11.7 Å². The SMILES string of the molecule is Nc1cccnc1-c1nc(CSc2cccc(F)c2)no1. The van der Waals surface area contributed by atoms with E-state index in [1.54, 1.807) is 24.4 Å². The van der Waals surface area contributed by atoms with Crippen molar-refractivity contribution in [3.8, 4) is 11.6 Å². The number of pyridine rings is 1. The molecule has 3 aromatic rings. The molecule has 0 bridgehead atoms. The van der Waals surface area contributed by atoms with Gasteiger partial charge in [-0.25, -0.2) is 9.37 Å². The van der Waals surface area contributed by atoms with Crippen LogP contribution in [-0.4, -0.2) is 15.1 Å². The highest BCUT2D eigenvalue weighted by Crippen LogP contribution is 2.25.